The predicted molar refractivity (Wildman–Crippen MR) is 82.1 cm³/mol. The predicted octanol–water partition coefficient (Wildman–Crippen LogP) is 2.00. The molecule has 108 valence electrons. The van der Waals surface area contributed by atoms with Gasteiger partial charge in [-0.05, 0) is 37.4 Å². The summed E-state index contributed by atoms with van der Waals surface area (Å²) in [6, 6.07) is 7.26. The van der Waals surface area contributed by atoms with Gasteiger partial charge in [-0.2, -0.15) is 11.8 Å². The fourth-order valence-electron chi connectivity index (χ4n) is 1.72. The second kappa shape index (κ2) is 7.89. The fourth-order valence-corrected chi connectivity index (χ4v) is 3.19. The van der Waals surface area contributed by atoms with Crippen LogP contribution in [0.3, 0.4) is 0 Å². The zero-order chi connectivity index (χ0) is 14.3. The molecule has 0 aromatic heterocycles. The van der Waals surface area contributed by atoms with Gasteiger partial charge in [-0.1, -0.05) is 19.1 Å². The van der Waals surface area contributed by atoms with E-state index in [1.165, 1.54) is 0 Å². The molecule has 0 aliphatic rings. The van der Waals surface area contributed by atoms with E-state index in [0.717, 1.165) is 17.9 Å². The quantitative estimate of drug-likeness (QED) is 0.721. The van der Waals surface area contributed by atoms with E-state index in [0.29, 0.717) is 11.4 Å². The summed E-state index contributed by atoms with van der Waals surface area (Å²) in [6.07, 6.45) is 1.95. The molecular formula is C13H22N2O2S2. The van der Waals surface area contributed by atoms with Crippen LogP contribution in [0.25, 0.3) is 0 Å². The van der Waals surface area contributed by atoms with Crippen LogP contribution in [0.2, 0.25) is 0 Å². The third-order valence-electron chi connectivity index (χ3n) is 2.80. The van der Waals surface area contributed by atoms with Crippen LogP contribution >= 0.6 is 11.8 Å². The maximum absolute atomic E-state index is 12.0. The highest BCUT2D eigenvalue weighted by molar-refractivity contribution is 7.98. The van der Waals surface area contributed by atoms with Crippen LogP contribution in [0.5, 0.6) is 0 Å². The Kier molecular flexibility index (Phi) is 6.85. The van der Waals surface area contributed by atoms with Gasteiger partial charge < -0.3 is 5.32 Å². The molecule has 0 bridgehead atoms. The average molecular weight is 302 g/mol. The molecule has 2 N–H and O–H groups in total. The molecule has 0 spiro atoms. The molecule has 0 amide bonds. The first kappa shape index (κ1) is 16.5. The van der Waals surface area contributed by atoms with Gasteiger partial charge in [-0.25, -0.2) is 13.1 Å². The standard InChI is InChI=1S/C13H22N2O2S2/c1-4-14-11(2)12-5-7-13(8-6-12)19(16,17)15-9-10-18-3/h5-8,11,14-15H,4,9-10H2,1-3H3. The van der Waals surface area contributed by atoms with Gasteiger partial charge in [0.15, 0.2) is 0 Å². The number of benzene rings is 1. The normalized spacial score (nSPS) is 13.4. The molecule has 0 saturated carbocycles. The Morgan fingerprint density at radius 3 is 2.42 bits per heavy atom. The third-order valence-corrected chi connectivity index (χ3v) is 4.89. The molecule has 19 heavy (non-hydrogen) atoms. The van der Waals surface area contributed by atoms with Crippen LogP contribution < -0.4 is 10.0 Å². The van der Waals surface area contributed by atoms with E-state index in [1.54, 1.807) is 23.9 Å². The summed E-state index contributed by atoms with van der Waals surface area (Å²) in [4.78, 5) is 0.320. The summed E-state index contributed by atoms with van der Waals surface area (Å²) in [7, 11) is -3.37. The van der Waals surface area contributed by atoms with Gasteiger partial charge in [0.25, 0.3) is 0 Å². The highest BCUT2D eigenvalue weighted by Gasteiger charge is 2.13. The summed E-state index contributed by atoms with van der Waals surface area (Å²) >= 11 is 1.61. The van der Waals surface area contributed by atoms with Gasteiger partial charge in [-0.15, -0.1) is 0 Å². The fraction of sp³-hybridized carbons (Fsp3) is 0.538. The third kappa shape index (κ3) is 5.14. The van der Waals surface area contributed by atoms with Crippen molar-refractivity contribution >= 4 is 21.8 Å². The highest BCUT2D eigenvalue weighted by Crippen LogP contribution is 2.16. The highest BCUT2D eigenvalue weighted by atomic mass is 32.2. The topological polar surface area (TPSA) is 58.2 Å². The second-order valence-corrected chi connectivity index (χ2v) is 6.99. The van der Waals surface area contributed by atoms with Crippen LogP contribution in [0.4, 0.5) is 0 Å². The van der Waals surface area contributed by atoms with Crippen molar-refractivity contribution in [3.05, 3.63) is 29.8 Å². The Labute approximate surface area is 120 Å². The molecule has 1 atom stereocenters. The summed E-state index contributed by atoms with van der Waals surface area (Å²) in [5.41, 5.74) is 1.09. The maximum Gasteiger partial charge on any atom is 0.240 e. The van der Waals surface area contributed by atoms with Gasteiger partial charge in [0, 0.05) is 18.3 Å². The molecule has 0 aliphatic heterocycles. The Morgan fingerprint density at radius 1 is 1.26 bits per heavy atom. The zero-order valence-corrected chi connectivity index (χ0v) is 13.3. The van der Waals surface area contributed by atoms with Crippen LogP contribution in [0.1, 0.15) is 25.5 Å². The molecule has 4 nitrogen and oxygen atoms in total. The summed E-state index contributed by atoms with van der Waals surface area (Å²) < 4.78 is 26.5. The lowest BCUT2D eigenvalue weighted by Gasteiger charge is -2.13. The van der Waals surface area contributed by atoms with Gasteiger partial charge in [0.2, 0.25) is 10.0 Å². The van der Waals surface area contributed by atoms with E-state index in [-0.39, 0.29) is 6.04 Å². The molecule has 1 unspecified atom stereocenters. The van der Waals surface area contributed by atoms with Crippen LogP contribution in [0.15, 0.2) is 29.2 Å². The van der Waals surface area contributed by atoms with E-state index in [2.05, 4.69) is 17.0 Å². The molecule has 0 aliphatic carbocycles. The van der Waals surface area contributed by atoms with E-state index < -0.39 is 10.0 Å². The van der Waals surface area contributed by atoms with E-state index in [4.69, 9.17) is 0 Å². The first-order chi connectivity index (χ1) is 9.01. The second-order valence-electron chi connectivity index (χ2n) is 4.24. The molecule has 0 heterocycles. The van der Waals surface area contributed by atoms with E-state index in [1.807, 2.05) is 25.3 Å². The van der Waals surface area contributed by atoms with Crippen LogP contribution in [-0.4, -0.2) is 33.5 Å². The van der Waals surface area contributed by atoms with Crippen molar-refractivity contribution in [1.82, 2.24) is 10.0 Å². The molecular weight excluding hydrogens is 280 g/mol. The number of hydrogen-bond donors (Lipinski definition) is 2. The Bertz CT molecular complexity index is 472. The van der Waals surface area contributed by atoms with Gasteiger partial charge >= 0.3 is 0 Å². The lowest BCUT2D eigenvalue weighted by Crippen LogP contribution is -2.26. The molecule has 1 aromatic carbocycles. The van der Waals surface area contributed by atoms with Crippen molar-refractivity contribution in [3.63, 3.8) is 0 Å². The van der Waals surface area contributed by atoms with Crippen LogP contribution in [0, 0.1) is 0 Å². The Hall–Kier alpha value is -0.560. The Morgan fingerprint density at radius 2 is 1.89 bits per heavy atom. The minimum Gasteiger partial charge on any atom is -0.310 e. The smallest absolute Gasteiger partial charge is 0.240 e. The van der Waals surface area contributed by atoms with Gasteiger partial charge in [0.1, 0.15) is 0 Å². The van der Waals surface area contributed by atoms with Crippen molar-refractivity contribution in [3.8, 4) is 0 Å². The molecule has 1 rings (SSSR count). The number of thioether (sulfide) groups is 1. The van der Waals surface area contributed by atoms with Crippen molar-refractivity contribution in [1.29, 1.82) is 0 Å². The lowest BCUT2D eigenvalue weighted by molar-refractivity contribution is 0.583. The van der Waals surface area contributed by atoms with E-state index >= 15 is 0 Å². The minimum absolute atomic E-state index is 0.228. The molecule has 0 saturated heterocycles. The number of hydrogen-bond acceptors (Lipinski definition) is 4. The van der Waals surface area contributed by atoms with Gasteiger partial charge in [0.05, 0.1) is 4.90 Å². The first-order valence-corrected chi connectivity index (χ1v) is 9.21. The van der Waals surface area contributed by atoms with Gasteiger partial charge in [-0.3, -0.25) is 0 Å². The van der Waals surface area contributed by atoms with Crippen molar-refractivity contribution < 1.29 is 8.42 Å². The first-order valence-electron chi connectivity index (χ1n) is 6.33. The van der Waals surface area contributed by atoms with E-state index in [9.17, 15) is 8.42 Å². The molecule has 0 radical (unpaired) electrons. The number of nitrogens with one attached hydrogen (secondary N) is 2. The maximum atomic E-state index is 12.0. The Balaban J connectivity index is 2.75. The van der Waals surface area contributed by atoms with Crippen LogP contribution in [-0.2, 0) is 10.0 Å². The van der Waals surface area contributed by atoms with Crippen molar-refractivity contribution in [2.24, 2.45) is 0 Å². The SMILES string of the molecule is CCNC(C)c1ccc(S(=O)(=O)NCCSC)cc1. The zero-order valence-electron chi connectivity index (χ0n) is 11.6. The summed E-state index contributed by atoms with van der Waals surface area (Å²) in [5, 5.41) is 3.29. The largest absolute Gasteiger partial charge is 0.310 e. The summed E-state index contributed by atoms with van der Waals surface area (Å²) in [5.74, 6) is 0.773. The molecule has 6 heteroatoms. The minimum atomic E-state index is -3.37. The number of sulfonamides is 1. The van der Waals surface area contributed by atoms with Crippen molar-refractivity contribution in [2.75, 3.05) is 25.1 Å². The monoisotopic (exact) mass is 302 g/mol. The lowest BCUT2D eigenvalue weighted by atomic mass is 10.1. The molecule has 1 aromatic rings. The van der Waals surface area contributed by atoms with Crippen molar-refractivity contribution in [2.45, 2.75) is 24.8 Å². The summed E-state index contributed by atoms with van der Waals surface area (Å²) in [6.45, 7) is 5.45. The average Bonchev–Trinajstić information content (AvgIpc) is 2.39. The number of rotatable bonds is 8. The molecule has 0 fully saturated rings.